The lowest BCUT2D eigenvalue weighted by Crippen LogP contribution is -2.24. The Hall–Kier alpha value is -0.100. The smallest absolute Gasteiger partial charge is 0.211 e. The molecule has 0 heterocycles. The lowest BCUT2D eigenvalue weighted by atomic mass is 10.4. The molecule has 1 N–H and O–H groups in total. The second-order valence-electron chi connectivity index (χ2n) is 2.97. The van der Waals surface area contributed by atoms with Crippen molar-refractivity contribution in [2.45, 2.75) is 18.2 Å². The van der Waals surface area contributed by atoms with E-state index in [1.807, 2.05) is 6.92 Å². The van der Waals surface area contributed by atoms with E-state index in [0.717, 1.165) is 6.42 Å². The van der Waals surface area contributed by atoms with Crippen LogP contribution in [-0.4, -0.2) is 15.0 Å². The average Bonchev–Trinajstić information content (AvgIpc) is 2.14. The van der Waals surface area contributed by atoms with Crippen molar-refractivity contribution in [3.05, 3.63) is 27.7 Å². The molecule has 0 saturated carbocycles. The first-order valence-electron chi connectivity index (χ1n) is 4.42. The number of rotatable bonds is 4. The maximum Gasteiger partial charge on any atom is 0.241 e. The molecule has 1 aromatic rings. The van der Waals surface area contributed by atoms with Gasteiger partial charge in [0.1, 0.15) is 0 Å². The van der Waals surface area contributed by atoms with Gasteiger partial charge in [-0.3, -0.25) is 0 Å². The van der Waals surface area contributed by atoms with Crippen LogP contribution >= 0.6 is 27.5 Å². The molecular weight excluding hydrogens is 302 g/mol. The van der Waals surface area contributed by atoms with E-state index in [1.165, 1.54) is 6.07 Å². The predicted octanol–water partition coefficient (Wildman–Crippen LogP) is 2.79. The highest BCUT2D eigenvalue weighted by atomic mass is 79.9. The number of hydrogen-bond donors (Lipinski definition) is 1. The molecule has 0 aromatic heterocycles. The molecule has 15 heavy (non-hydrogen) atoms. The molecule has 0 saturated heterocycles. The van der Waals surface area contributed by atoms with E-state index >= 15 is 0 Å². The number of nitrogens with one attached hydrogen (secondary N) is 1. The molecule has 0 radical (unpaired) electrons. The number of sulfonamides is 1. The van der Waals surface area contributed by atoms with Gasteiger partial charge in [-0.1, -0.05) is 18.5 Å². The topological polar surface area (TPSA) is 46.2 Å². The largest absolute Gasteiger partial charge is 0.241 e. The molecule has 0 aliphatic carbocycles. The fourth-order valence-corrected chi connectivity index (χ4v) is 3.52. The molecule has 6 heteroatoms. The van der Waals surface area contributed by atoms with Crippen LogP contribution in [0.3, 0.4) is 0 Å². The molecule has 1 rings (SSSR count). The summed E-state index contributed by atoms with van der Waals surface area (Å²) in [5.74, 6) is 0. The molecule has 0 spiro atoms. The minimum Gasteiger partial charge on any atom is -0.211 e. The summed E-state index contributed by atoms with van der Waals surface area (Å²) in [5, 5.41) is 0.497. The first-order valence-corrected chi connectivity index (χ1v) is 7.07. The Morgan fingerprint density at radius 3 is 2.67 bits per heavy atom. The third-order valence-electron chi connectivity index (χ3n) is 1.73. The Morgan fingerprint density at radius 1 is 1.47 bits per heavy atom. The van der Waals surface area contributed by atoms with Crippen molar-refractivity contribution < 1.29 is 8.42 Å². The van der Waals surface area contributed by atoms with E-state index in [1.54, 1.807) is 12.1 Å². The van der Waals surface area contributed by atoms with Crippen molar-refractivity contribution in [2.75, 3.05) is 6.54 Å². The summed E-state index contributed by atoms with van der Waals surface area (Å²) >= 11 is 8.90. The fourth-order valence-electron chi connectivity index (χ4n) is 1.01. The molecule has 0 bridgehead atoms. The lowest BCUT2D eigenvalue weighted by Gasteiger charge is -2.07. The molecule has 84 valence electrons. The van der Waals surface area contributed by atoms with E-state index in [2.05, 4.69) is 20.7 Å². The van der Waals surface area contributed by atoms with Gasteiger partial charge in [-0.25, -0.2) is 13.1 Å². The Morgan fingerprint density at radius 2 is 2.13 bits per heavy atom. The van der Waals surface area contributed by atoms with Gasteiger partial charge in [0.25, 0.3) is 0 Å². The van der Waals surface area contributed by atoms with Crippen LogP contribution in [0.5, 0.6) is 0 Å². The molecule has 0 amide bonds. The van der Waals surface area contributed by atoms with Crippen molar-refractivity contribution in [1.82, 2.24) is 4.72 Å². The van der Waals surface area contributed by atoms with E-state index < -0.39 is 10.0 Å². The maximum absolute atomic E-state index is 11.7. The molecule has 0 aliphatic heterocycles. The third kappa shape index (κ3) is 3.45. The number of halogens is 2. The highest BCUT2D eigenvalue weighted by Gasteiger charge is 2.16. The van der Waals surface area contributed by atoms with Crippen molar-refractivity contribution in [3.8, 4) is 0 Å². The zero-order chi connectivity index (χ0) is 11.5. The van der Waals surface area contributed by atoms with Gasteiger partial charge >= 0.3 is 0 Å². The average molecular weight is 313 g/mol. The minimum atomic E-state index is -3.43. The Bertz CT molecular complexity index is 447. The first kappa shape index (κ1) is 13.0. The summed E-state index contributed by atoms with van der Waals surface area (Å²) in [6, 6.07) is 4.58. The summed E-state index contributed by atoms with van der Waals surface area (Å²) < 4.78 is 26.4. The second-order valence-corrected chi connectivity index (χ2v) is 6.00. The van der Waals surface area contributed by atoms with Crippen LogP contribution in [0.1, 0.15) is 13.3 Å². The first-order chi connectivity index (χ1) is 6.97. The summed E-state index contributed by atoms with van der Waals surface area (Å²) in [6.45, 7) is 2.33. The second kappa shape index (κ2) is 5.30. The van der Waals surface area contributed by atoms with Crippen LogP contribution in [0.2, 0.25) is 5.02 Å². The predicted molar refractivity (Wildman–Crippen MR) is 64.6 cm³/mol. The Labute approximate surface area is 103 Å². The molecule has 0 fully saturated rings. The van der Waals surface area contributed by atoms with E-state index in [0.29, 0.717) is 16.0 Å². The Balaban J connectivity index is 3.05. The summed E-state index contributed by atoms with van der Waals surface area (Å²) in [4.78, 5) is 0.209. The summed E-state index contributed by atoms with van der Waals surface area (Å²) in [5.41, 5.74) is 0. The molecular formula is C9H11BrClNO2S. The molecule has 0 unspecified atom stereocenters. The summed E-state index contributed by atoms with van der Waals surface area (Å²) in [6.07, 6.45) is 0.754. The van der Waals surface area contributed by atoms with Crippen LogP contribution < -0.4 is 4.72 Å². The van der Waals surface area contributed by atoms with Crippen molar-refractivity contribution in [1.29, 1.82) is 0 Å². The van der Waals surface area contributed by atoms with Gasteiger partial charge in [-0.2, -0.15) is 0 Å². The number of hydrogen-bond acceptors (Lipinski definition) is 2. The Kier molecular flexibility index (Phi) is 4.58. The molecule has 0 aliphatic rings. The van der Waals surface area contributed by atoms with Crippen LogP contribution in [0.4, 0.5) is 0 Å². The normalized spacial score (nSPS) is 11.7. The van der Waals surface area contributed by atoms with E-state index in [-0.39, 0.29) is 4.90 Å². The van der Waals surface area contributed by atoms with Crippen LogP contribution in [0.25, 0.3) is 0 Å². The monoisotopic (exact) mass is 311 g/mol. The SMILES string of the molecule is CCCNS(=O)(=O)c1ccc(Cl)cc1Br. The molecule has 3 nitrogen and oxygen atoms in total. The van der Waals surface area contributed by atoms with Gasteiger partial charge in [0.15, 0.2) is 0 Å². The highest BCUT2D eigenvalue weighted by molar-refractivity contribution is 9.10. The molecule has 1 aromatic carbocycles. The number of benzene rings is 1. The van der Waals surface area contributed by atoms with Gasteiger partial charge in [-0.05, 0) is 40.5 Å². The molecule has 0 atom stereocenters. The third-order valence-corrected chi connectivity index (χ3v) is 4.40. The van der Waals surface area contributed by atoms with Gasteiger partial charge in [0.2, 0.25) is 10.0 Å². The van der Waals surface area contributed by atoms with Gasteiger partial charge in [0, 0.05) is 16.0 Å². The van der Waals surface area contributed by atoms with Crippen LogP contribution in [-0.2, 0) is 10.0 Å². The van der Waals surface area contributed by atoms with Gasteiger partial charge < -0.3 is 0 Å². The van der Waals surface area contributed by atoms with Crippen LogP contribution in [0, 0.1) is 0 Å². The zero-order valence-corrected chi connectivity index (χ0v) is 11.3. The summed E-state index contributed by atoms with van der Waals surface area (Å²) in [7, 11) is -3.43. The van der Waals surface area contributed by atoms with E-state index in [9.17, 15) is 8.42 Å². The van der Waals surface area contributed by atoms with E-state index in [4.69, 9.17) is 11.6 Å². The van der Waals surface area contributed by atoms with Crippen molar-refractivity contribution in [3.63, 3.8) is 0 Å². The van der Waals surface area contributed by atoms with Crippen molar-refractivity contribution >= 4 is 37.6 Å². The van der Waals surface area contributed by atoms with Gasteiger partial charge in [-0.15, -0.1) is 0 Å². The minimum absolute atomic E-state index is 0.209. The maximum atomic E-state index is 11.7. The zero-order valence-electron chi connectivity index (χ0n) is 8.13. The fraction of sp³-hybridized carbons (Fsp3) is 0.333. The standard InChI is InChI=1S/C9H11BrClNO2S/c1-2-5-12-15(13,14)9-4-3-7(11)6-8(9)10/h3-4,6,12H,2,5H2,1H3. The van der Waals surface area contributed by atoms with Crippen molar-refractivity contribution in [2.24, 2.45) is 0 Å². The van der Waals surface area contributed by atoms with Crippen LogP contribution in [0.15, 0.2) is 27.6 Å². The highest BCUT2D eigenvalue weighted by Crippen LogP contribution is 2.25. The lowest BCUT2D eigenvalue weighted by molar-refractivity contribution is 0.580. The van der Waals surface area contributed by atoms with Gasteiger partial charge in [0.05, 0.1) is 4.90 Å². The quantitative estimate of drug-likeness (QED) is 0.929.